The number of halogens is 3. The maximum atomic E-state index is 12.6. The Balaban J connectivity index is 1.71. The first-order chi connectivity index (χ1) is 9.95. The van der Waals surface area contributed by atoms with E-state index in [0.717, 1.165) is 44.1 Å². The molecule has 0 aliphatic carbocycles. The van der Waals surface area contributed by atoms with Gasteiger partial charge in [0, 0.05) is 12.7 Å². The Morgan fingerprint density at radius 2 is 2.05 bits per heavy atom. The van der Waals surface area contributed by atoms with Crippen LogP contribution in [0.4, 0.5) is 19.0 Å². The first-order valence-electron chi connectivity index (χ1n) is 7.44. The highest BCUT2D eigenvalue weighted by Crippen LogP contribution is 2.29. The SMILES string of the molecule is CC1CCN(CCCNc2cc(C(F)(F)F)ccn2)CC1. The van der Waals surface area contributed by atoms with E-state index in [-0.39, 0.29) is 5.82 Å². The summed E-state index contributed by atoms with van der Waals surface area (Å²) in [5.41, 5.74) is -0.662. The Morgan fingerprint density at radius 1 is 1.33 bits per heavy atom. The van der Waals surface area contributed by atoms with Gasteiger partial charge in [0.15, 0.2) is 0 Å². The molecule has 2 rings (SSSR count). The van der Waals surface area contributed by atoms with Crippen molar-refractivity contribution in [1.82, 2.24) is 9.88 Å². The minimum atomic E-state index is -4.32. The summed E-state index contributed by atoms with van der Waals surface area (Å²) >= 11 is 0. The van der Waals surface area contributed by atoms with Gasteiger partial charge in [0.1, 0.15) is 5.82 Å². The molecule has 0 radical (unpaired) electrons. The normalized spacial score (nSPS) is 17.9. The van der Waals surface area contributed by atoms with E-state index < -0.39 is 11.7 Å². The van der Waals surface area contributed by atoms with Crippen molar-refractivity contribution in [3.63, 3.8) is 0 Å². The molecule has 0 amide bonds. The van der Waals surface area contributed by atoms with Gasteiger partial charge in [0.2, 0.25) is 0 Å². The molecule has 0 atom stereocenters. The van der Waals surface area contributed by atoms with Crippen LogP contribution in [0.5, 0.6) is 0 Å². The van der Waals surface area contributed by atoms with Crippen LogP contribution in [0.2, 0.25) is 0 Å². The highest BCUT2D eigenvalue weighted by molar-refractivity contribution is 5.38. The summed E-state index contributed by atoms with van der Waals surface area (Å²) in [5, 5.41) is 2.97. The molecule has 2 heterocycles. The number of nitrogens with one attached hydrogen (secondary N) is 1. The second-order valence-electron chi connectivity index (χ2n) is 5.73. The van der Waals surface area contributed by atoms with Gasteiger partial charge in [-0.25, -0.2) is 4.98 Å². The van der Waals surface area contributed by atoms with Crippen LogP contribution in [0, 0.1) is 5.92 Å². The van der Waals surface area contributed by atoms with Gasteiger partial charge in [0.05, 0.1) is 5.56 Å². The predicted octanol–water partition coefficient (Wildman–Crippen LogP) is 3.63. The second-order valence-corrected chi connectivity index (χ2v) is 5.73. The van der Waals surface area contributed by atoms with E-state index in [1.165, 1.54) is 19.0 Å². The fraction of sp³-hybridized carbons (Fsp3) is 0.667. The molecule has 6 heteroatoms. The van der Waals surface area contributed by atoms with Gasteiger partial charge < -0.3 is 10.2 Å². The Bertz CT molecular complexity index is 440. The monoisotopic (exact) mass is 301 g/mol. The fourth-order valence-electron chi connectivity index (χ4n) is 2.51. The topological polar surface area (TPSA) is 28.2 Å². The lowest BCUT2D eigenvalue weighted by Gasteiger charge is -2.30. The maximum absolute atomic E-state index is 12.6. The summed E-state index contributed by atoms with van der Waals surface area (Å²) < 4.78 is 37.7. The number of piperidine rings is 1. The third kappa shape index (κ3) is 5.19. The quantitative estimate of drug-likeness (QED) is 0.842. The average molecular weight is 301 g/mol. The summed E-state index contributed by atoms with van der Waals surface area (Å²) in [5.74, 6) is 1.10. The van der Waals surface area contributed by atoms with Crippen LogP contribution >= 0.6 is 0 Å². The number of rotatable bonds is 5. The van der Waals surface area contributed by atoms with Gasteiger partial charge in [0.25, 0.3) is 0 Å². The fourth-order valence-corrected chi connectivity index (χ4v) is 2.51. The number of alkyl halides is 3. The standard InChI is InChI=1S/C15H22F3N3/c1-12-4-9-21(10-5-12)8-2-6-19-14-11-13(3-7-20-14)15(16,17)18/h3,7,11-12H,2,4-6,8-10H2,1H3,(H,19,20). The second kappa shape index (κ2) is 7.11. The Labute approximate surface area is 123 Å². The molecule has 0 aromatic carbocycles. The molecule has 0 bridgehead atoms. The molecule has 3 nitrogen and oxygen atoms in total. The molecule has 21 heavy (non-hydrogen) atoms. The molecule has 1 aliphatic heterocycles. The van der Waals surface area contributed by atoms with E-state index >= 15 is 0 Å². The Hall–Kier alpha value is -1.30. The molecule has 0 spiro atoms. The largest absolute Gasteiger partial charge is 0.416 e. The third-order valence-corrected chi connectivity index (χ3v) is 3.92. The molecule has 0 unspecified atom stereocenters. The van der Waals surface area contributed by atoms with Crippen LogP contribution in [-0.4, -0.2) is 36.1 Å². The minimum Gasteiger partial charge on any atom is -0.370 e. The van der Waals surface area contributed by atoms with Crippen LogP contribution < -0.4 is 5.32 Å². The molecule has 118 valence electrons. The van der Waals surface area contributed by atoms with Gasteiger partial charge in [-0.15, -0.1) is 0 Å². The lowest BCUT2D eigenvalue weighted by atomic mass is 9.99. The molecular formula is C15H22F3N3. The highest BCUT2D eigenvalue weighted by atomic mass is 19.4. The number of hydrogen-bond acceptors (Lipinski definition) is 3. The van der Waals surface area contributed by atoms with Crippen LogP contribution in [-0.2, 0) is 6.18 Å². The zero-order valence-electron chi connectivity index (χ0n) is 12.3. The van der Waals surface area contributed by atoms with Crippen molar-refractivity contribution in [3.8, 4) is 0 Å². The molecule has 1 aliphatic rings. The van der Waals surface area contributed by atoms with Crippen molar-refractivity contribution in [2.24, 2.45) is 5.92 Å². The zero-order chi connectivity index (χ0) is 15.3. The molecule has 1 fully saturated rings. The van der Waals surface area contributed by atoms with E-state index in [0.29, 0.717) is 6.54 Å². The minimum absolute atomic E-state index is 0.289. The summed E-state index contributed by atoms with van der Waals surface area (Å²) in [4.78, 5) is 6.34. The molecule has 1 aromatic rings. The van der Waals surface area contributed by atoms with E-state index in [4.69, 9.17) is 0 Å². The van der Waals surface area contributed by atoms with Crippen LogP contribution in [0.25, 0.3) is 0 Å². The van der Waals surface area contributed by atoms with Crippen molar-refractivity contribution in [2.75, 3.05) is 31.5 Å². The first kappa shape index (κ1) is 16.1. The summed E-state index contributed by atoms with van der Waals surface area (Å²) in [6.07, 6.45) is 0.262. The highest BCUT2D eigenvalue weighted by Gasteiger charge is 2.30. The predicted molar refractivity (Wildman–Crippen MR) is 77.2 cm³/mol. The molecule has 1 aromatic heterocycles. The number of nitrogens with zero attached hydrogens (tertiary/aromatic N) is 2. The van der Waals surface area contributed by atoms with Crippen LogP contribution in [0.3, 0.4) is 0 Å². The van der Waals surface area contributed by atoms with E-state index in [9.17, 15) is 13.2 Å². The Kier molecular flexibility index (Phi) is 5.45. The number of hydrogen-bond donors (Lipinski definition) is 1. The maximum Gasteiger partial charge on any atom is 0.416 e. The van der Waals surface area contributed by atoms with Gasteiger partial charge in [-0.1, -0.05) is 6.92 Å². The van der Waals surface area contributed by atoms with Crippen molar-refractivity contribution in [1.29, 1.82) is 0 Å². The average Bonchev–Trinajstić information content (AvgIpc) is 2.45. The van der Waals surface area contributed by atoms with Crippen molar-refractivity contribution in [2.45, 2.75) is 32.4 Å². The van der Waals surface area contributed by atoms with Crippen molar-refractivity contribution < 1.29 is 13.2 Å². The first-order valence-corrected chi connectivity index (χ1v) is 7.44. The lowest BCUT2D eigenvalue weighted by Crippen LogP contribution is -2.34. The van der Waals surface area contributed by atoms with Crippen molar-refractivity contribution in [3.05, 3.63) is 23.9 Å². The van der Waals surface area contributed by atoms with E-state index in [2.05, 4.69) is 22.1 Å². The summed E-state index contributed by atoms with van der Waals surface area (Å²) in [7, 11) is 0. The third-order valence-electron chi connectivity index (χ3n) is 3.92. The van der Waals surface area contributed by atoms with Gasteiger partial charge in [-0.3, -0.25) is 0 Å². The van der Waals surface area contributed by atoms with Gasteiger partial charge >= 0.3 is 6.18 Å². The van der Waals surface area contributed by atoms with E-state index in [1.807, 2.05) is 0 Å². The smallest absolute Gasteiger partial charge is 0.370 e. The number of aromatic nitrogens is 1. The molecule has 1 saturated heterocycles. The number of likely N-dealkylation sites (tertiary alicyclic amines) is 1. The summed E-state index contributed by atoms with van der Waals surface area (Å²) in [6, 6.07) is 2.04. The Morgan fingerprint density at radius 3 is 2.71 bits per heavy atom. The summed E-state index contributed by atoms with van der Waals surface area (Å²) in [6.45, 7) is 6.16. The zero-order valence-corrected chi connectivity index (χ0v) is 12.3. The van der Waals surface area contributed by atoms with Crippen molar-refractivity contribution >= 4 is 5.82 Å². The van der Waals surface area contributed by atoms with Gasteiger partial charge in [-0.05, 0) is 56.9 Å². The molecule has 1 N–H and O–H groups in total. The number of anilines is 1. The van der Waals surface area contributed by atoms with Crippen LogP contribution in [0.1, 0.15) is 31.7 Å². The van der Waals surface area contributed by atoms with E-state index in [1.54, 1.807) is 0 Å². The molecule has 0 saturated carbocycles. The van der Waals surface area contributed by atoms with Crippen LogP contribution in [0.15, 0.2) is 18.3 Å². The lowest BCUT2D eigenvalue weighted by molar-refractivity contribution is -0.137. The number of pyridine rings is 1. The van der Waals surface area contributed by atoms with Gasteiger partial charge in [-0.2, -0.15) is 13.2 Å². The molecular weight excluding hydrogens is 279 g/mol.